The number of hydrogen-bond acceptors (Lipinski definition) is 9. The van der Waals surface area contributed by atoms with Crippen molar-refractivity contribution in [2.24, 2.45) is 0 Å². The Hall–Kier alpha value is -2.40. The number of nitrogens with zero attached hydrogens (tertiary/aromatic N) is 4. The summed E-state index contributed by atoms with van der Waals surface area (Å²) in [5, 5.41) is 3.61. The lowest BCUT2D eigenvalue weighted by molar-refractivity contribution is 0.0600. The molecule has 0 aromatic carbocycles. The highest BCUT2D eigenvalue weighted by Crippen LogP contribution is 2.31. The molecule has 3 rings (SSSR count). The summed E-state index contributed by atoms with van der Waals surface area (Å²) >= 11 is 0. The maximum absolute atomic E-state index is 12.7. The Balaban J connectivity index is 1.68. The summed E-state index contributed by atoms with van der Waals surface area (Å²) in [6.45, 7) is 0.585. The van der Waals surface area contributed by atoms with E-state index in [2.05, 4.69) is 14.9 Å². The van der Waals surface area contributed by atoms with Gasteiger partial charge in [-0.1, -0.05) is 0 Å². The van der Waals surface area contributed by atoms with Crippen LogP contribution in [0.5, 0.6) is 0 Å². The average Bonchev–Trinajstić information content (AvgIpc) is 3.31. The van der Waals surface area contributed by atoms with Gasteiger partial charge in [0, 0.05) is 39.2 Å². The van der Waals surface area contributed by atoms with Gasteiger partial charge >= 0.3 is 5.97 Å². The number of anilines is 1. The second kappa shape index (κ2) is 7.08. The van der Waals surface area contributed by atoms with Crippen molar-refractivity contribution in [1.29, 1.82) is 0 Å². The predicted octanol–water partition coefficient (Wildman–Crippen LogP) is 1.08. The summed E-state index contributed by atoms with van der Waals surface area (Å²) in [6, 6.07) is 1.18. The van der Waals surface area contributed by atoms with Crippen LogP contribution in [0.2, 0.25) is 0 Å². The van der Waals surface area contributed by atoms with Gasteiger partial charge in [-0.25, -0.2) is 13.2 Å². The van der Waals surface area contributed by atoms with Gasteiger partial charge in [0.05, 0.1) is 12.7 Å². The third kappa shape index (κ3) is 3.44. The molecule has 0 unspecified atom stereocenters. The molecule has 26 heavy (non-hydrogen) atoms. The van der Waals surface area contributed by atoms with Gasteiger partial charge in [-0.05, 0) is 18.0 Å². The Kier molecular flexibility index (Phi) is 5.01. The minimum Gasteiger partial charge on any atom is -0.465 e. The Morgan fingerprint density at radius 3 is 2.62 bits per heavy atom. The zero-order valence-electron chi connectivity index (χ0n) is 14.7. The van der Waals surface area contributed by atoms with Crippen LogP contribution in [0, 0.1) is 0 Å². The number of carbonyl (C=O) groups excluding carboxylic acids is 1. The molecule has 0 saturated carbocycles. The van der Waals surface area contributed by atoms with Crippen molar-refractivity contribution in [1.82, 2.24) is 14.4 Å². The topological polar surface area (TPSA) is 119 Å². The molecule has 10 nitrogen and oxygen atoms in total. The molecular formula is C15H20N4O6S. The van der Waals surface area contributed by atoms with Gasteiger partial charge in [0.1, 0.15) is 6.26 Å². The molecule has 1 fully saturated rings. The lowest BCUT2D eigenvalue weighted by Crippen LogP contribution is -2.37. The van der Waals surface area contributed by atoms with Crippen LogP contribution < -0.4 is 4.90 Å². The molecule has 0 atom stereocenters. The largest absolute Gasteiger partial charge is 0.465 e. The number of esters is 1. The molecule has 1 aliphatic rings. The van der Waals surface area contributed by atoms with Crippen molar-refractivity contribution in [2.45, 2.75) is 23.9 Å². The number of methoxy groups -OCH3 is 1. The first-order valence-corrected chi connectivity index (χ1v) is 9.45. The van der Waals surface area contributed by atoms with E-state index in [-0.39, 0.29) is 16.6 Å². The molecule has 0 N–H and O–H groups in total. The van der Waals surface area contributed by atoms with Crippen LogP contribution in [-0.4, -0.2) is 63.1 Å². The van der Waals surface area contributed by atoms with Crippen molar-refractivity contribution in [3.8, 4) is 0 Å². The molecule has 0 amide bonds. The van der Waals surface area contributed by atoms with Gasteiger partial charge in [0.2, 0.25) is 11.0 Å². The number of rotatable bonds is 5. The standard InChI is InChI=1S/C15H20N4O6S/c1-18(2)15-16-13(25-17-15)10-4-6-19(7-5-10)26(21,22)12-8-11(9-24-12)14(20)23-3/h8-10H,4-7H2,1-3H3. The Morgan fingerprint density at radius 1 is 1.35 bits per heavy atom. The second-order valence-electron chi connectivity index (χ2n) is 6.15. The van der Waals surface area contributed by atoms with Gasteiger partial charge in [0.15, 0.2) is 0 Å². The van der Waals surface area contributed by atoms with Gasteiger partial charge in [0.25, 0.3) is 16.0 Å². The number of furan rings is 1. The second-order valence-corrected chi connectivity index (χ2v) is 8.02. The first kappa shape index (κ1) is 18.4. The number of carbonyl (C=O) groups is 1. The molecule has 11 heteroatoms. The molecule has 0 aliphatic carbocycles. The maximum atomic E-state index is 12.7. The van der Waals surface area contributed by atoms with E-state index in [0.717, 1.165) is 6.26 Å². The van der Waals surface area contributed by atoms with E-state index in [4.69, 9.17) is 8.94 Å². The van der Waals surface area contributed by atoms with E-state index in [9.17, 15) is 13.2 Å². The van der Waals surface area contributed by atoms with Crippen LogP contribution in [0.25, 0.3) is 0 Å². The highest BCUT2D eigenvalue weighted by atomic mass is 32.2. The Labute approximate surface area is 150 Å². The highest BCUT2D eigenvalue weighted by molar-refractivity contribution is 7.89. The fourth-order valence-corrected chi connectivity index (χ4v) is 4.11. The number of ether oxygens (including phenoxy) is 1. The number of hydrogen-bond donors (Lipinski definition) is 0. The molecule has 0 radical (unpaired) electrons. The Morgan fingerprint density at radius 2 is 2.04 bits per heavy atom. The van der Waals surface area contributed by atoms with Crippen LogP contribution in [0.15, 0.2) is 26.4 Å². The van der Waals surface area contributed by atoms with E-state index in [1.54, 1.807) is 4.90 Å². The van der Waals surface area contributed by atoms with Gasteiger partial charge < -0.3 is 18.6 Å². The summed E-state index contributed by atoms with van der Waals surface area (Å²) in [6.07, 6.45) is 2.18. The van der Waals surface area contributed by atoms with E-state index >= 15 is 0 Å². The summed E-state index contributed by atoms with van der Waals surface area (Å²) in [5.74, 6) is 0.351. The molecule has 0 bridgehead atoms. The van der Waals surface area contributed by atoms with E-state index < -0.39 is 16.0 Å². The molecule has 3 heterocycles. The molecule has 0 spiro atoms. The summed E-state index contributed by atoms with van der Waals surface area (Å²) in [4.78, 5) is 17.5. The fourth-order valence-electron chi connectivity index (χ4n) is 2.72. The van der Waals surface area contributed by atoms with Gasteiger partial charge in [-0.3, -0.25) is 0 Å². The summed E-state index contributed by atoms with van der Waals surface area (Å²) in [5.41, 5.74) is 0.0584. The first-order chi connectivity index (χ1) is 12.3. The summed E-state index contributed by atoms with van der Waals surface area (Å²) < 4.78 is 41.6. The average molecular weight is 384 g/mol. The molecule has 142 valence electrons. The Bertz CT molecular complexity index is 880. The zero-order valence-corrected chi connectivity index (χ0v) is 15.5. The molecular weight excluding hydrogens is 364 g/mol. The fraction of sp³-hybridized carbons (Fsp3) is 0.533. The van der Waals surface area contributed by atoms with Gasteiger partial charge in [-0.15, -0.1) is 0 Å². The van der Waals surface area contributed by atoms with Crippen LogP contribution in [0.4, 0.5) is 5.95 Å². The smallest absolute Gasteiger partial charge is 0.341 e. The highest BCUT2D eigenvalue weighted by Gasteiger charge is 2.34. The molecule has 2 aromatic heterocycles. The van der Waals surface area contributed by atoms with Crippen molar-refractivity contribution >= 4 is 21.9 Å². The van der Waals surface area contributed by atoms with Crippen molar-refractivity contribution in [3.05, 3.63) is 23.8 Å². The monoisotopic (exact) mass is 384 g/mol. The van der Waals surface area contributed by atoms with E-state index in [0.29, 0.717) is 37.8 Å². The van der Waals surface area contributed by atoms with Crippen LogP contribution >= 0.6 is 0 Å². The summed E-state index contributed by atoms with van der Waals surface area (Å²) in [7, 11) is 1.03. The van der Waals surface area contributed by atoms with Crippen LogP contribution in [0.1, 0.15) is 35.0 Å². The lowest BCUT2D eigenvalue weighted by Gasteiger charge is -2.28. The van der Waals surface area contributed by atoms with Crippen molar-refractivity contribution < 1.29 is 26.9 Å². The minimum atomic E-state index is -3.81. The normalized spacial score (nSPS) is 16.6. The molecule has 1 aliphatic heterocycles. The zero-order chi connectivity index (χ0) is 18.9. The van der Waals surface area contributed by atoms with Gasteiger partial charge in [-0.2, -0.15) is 9.29 Å². The van der Waals surface area contributed by atoms with E-state index in [1.165, 1.54) is 17.5 Å². The van der Waals surface area contributed by atoms with Crippen molar-refractivity contribution in [2.75, 3.05) is 39.2 Å². The SMILES string of the molecule is COC(=O)c1coc(S(=O)(=O)N2CCC(c3nc(N(C)C)no3)CC2)c1. The predicted molar refractivity (Wildman–Crippen MR) is 89.4 cm³/mol. The number of aromatic nitrogens is 2. The lowest BCUT2D eigenvalue weighted by atomic mass is 9.98. The quantitative estimate of drug-likeness (QED) is 0.698. The van der Waals surface area contributed by atoms with Crippen LogP contribution in [0.3, 0.4) is 0 Å². The van der Waals surface area contributed by atoms with Crippen LogP contribution in [-0.2, 0) is 14.8 Å². The third-order valence-electron chi connectivity index (χ3n) is 4.22. The van der Waals surface area contributed by atoms with Crippen molar-refractivity contribution in [3.63, 3.8) is 0 Å². The number of piperidine rings is 1. The van der Waals surface area contributed by atoms with E-state index in [1.807, 2.05) is 14.1 Å². The minimum absolute atomic E-state index is 0.00452. The molecule has 1 saturated heterocycles. The number of sulfonamides is 1. The third-order valence-corrected chi connectivity index (χ3v) is 5.99. The maximum Gasteiger partial charge on any atom is 0.341 e. The first-order valence-electron chi connectivity index (χ1n) is 8.01. The molecule has 2 aromatic rings.